The lowest BCUT2D eigenvalue weighted by atomic mass is 10.2. The second-order valence-corrected chi connectivity index (χ2v) is 4.91. The number of nitrogens with two attached hydrogens (primary N) is 1. The molecule has 0 aliphatic carbocycles. The van der Waals surface area contributed by atoms with E-state index in [4.69, 9.17) is 10.5 Å². The molecule has 0 spiro atoms. The predicted octanol–water partition coefficient (Wildman–Crippen LogP) is 1.46. The van der Waals surface area contributed by atoms with Crippen LogP contribution in [0.25, 0.3) is 10.9 Å². The van der Waals surface area contributed by atoms with E-state index in [0.717, 1.165) is 18.7 Å². The number of hydrogen-bond donors (Lipinski definition) is 1. The zero-order chi connectivity index (χ0) is 11.7. The fourth-order valence-corrected chi connectivity index (χ4v) is 3.16. The van der Waals surface area contributed by atoms with E-state index >= 15 is 0 Å². The first-order chi connectivity index (χ1) is 8.40. The summed E-state index contributed by atoms with van der Waals surface area (Å²) in [7, 11) is 0. The van der Waals surface area contributed by atoms with Crippen molar-refractivity contribution in [1.29, 1.82) is 0 Å². The van der Waals surface area contributed by atoms with Crippen molar-refractivity contribution in [3.05, 3.63) is 24.3 Å². The molecule has 90 valence electrons. The van der Waals surface area contributed by atoms with Crippen LogP contribution in [0.4, 0.5) is 5.00 Å². The van der Waals surface area contributed by atoms with Crippen LogP contribution in [0.5, 0.6) is 0 Å². The Hall–Kier alpha value is -1.17. The number of benzene rings is 1. The van der Waals surface area contributed by atoms with Crippen LogP contribution < -0.4 is 10.6 Å². The molecule has 3 rings (SSSR count). The molecule has 2 aromatic rings. The lowest BCUT2D eigenvalue weighted by molar-refractivity contribution is 0.0967. The molecule has 1 fully saturated rings. The molecule has 1 atom stereocenters. The molecule has 5 heteroatoms. The highest BCUT2D eigenvalue weighted by Crippen LogP contribution is 2.32. The van der Waals surface area contributed by atoms with Gasteiger partial charge in [0, 0.05) is 18.5 Å². The van der Waals surface area contributed by atoms with Gasteiger partial charge in [-0.3, -0.25) is 0 Å². The molecule has 4 nitrogen and oxygen atoms in total. The first-order valence-electron chi connectivity index (χ1n) is 5.79. The topological polar surface area (TPSA) is 51.4 Å². The summed E-state index contributed by atoms with van der Waals surface area (Å²) in [6, 6.07) is 8.52. The van der Waals surface area contributed by atoms with Crippen LogP contribution in [0.3, 0.4) is 0 Å². The number of nitrogens with zero attached hydrogens (tertiary/aromatic N) is 2. The first-order valence-corrected chi connectivity index (χ1v) is 6.56. The highest BCUT2D eigenvalue weighted by Gasteiger charge is 2.24. The van der Waals surface area contributed by atoms with Gasteiger partial charge in [-0.25, -0.2) is 0 Å². The van der Waals surface area contributed by atoms with Crippen LogP contribution in [0.1, 0.15) is 0 Å². The van der Waals surface area contributed by atoms with Crippen LogP contribution in [0, 0.1) is 0 Å². The van der Waals surface area contributed by atoms with Crippen LogP contribution >= 0.6 is 11.5 Å². The minimum Gasteiger partial charge on any atom is -0.377 e. The number of anilines is 1. The predicted molar refractivity (Wildman–Crippen MR) is 70.6 cm³/mol. The smallest absolute Gasteiger partial charge is 0.120 e. The molecule has 1 aliphatic rings. The van der Waals surface area contributed by atoms with Gasteiger partial charge in [-0.15, -0.1) is 0 Å². The van der Waals surface area contributed by atoms with Gasteiger partial charge in [0.25, 0.3) is 0 Å². The Balaban J connectivity index is 2.01. The molecule has 1 saturated heterocycles. The van der Waals surface area contributed by atoms with Gasteiger partial charge in [0.1, 0.15) is 5.00 Å². The fourth-order valence-electron chi connectivity index (χ4n) is 2.20. The summed E-state index contributed by atoms with van der Waals surface area (Å²) in [5.74, 6) is 0. The summed E-state index contributed by atoms with van der Waals surface area (Å²) in [6.45, 7) is 2.99. The maximum Gasteiger partial charge on any atom is 0.120 e. The third-order valence-corrected chi connectivity index (χ3v) is 4.04. The van der Waals surface area contributed by atoms with E-state index < -0.39 is 0 Å². The number of aromatic nitrogens is 1. The van der Waals surface area contributed by atoms with Crippen LogP contribution in [0.15, 0.2) is 24.3 Å². The first kappa shape index (κ1) is 11.0. The third-order valence-electron chi connectivity index (χ3n) is 3.13. The Kier molecular flexibility index (Phi) is 2.96. The van der Waals surface area contributed by atoms with Gasteiger partial charge < -0.3 is 15.4 Å². The molecule has 0 bridgehead atoms. The largest absolute Gasteiger partial charge is 0.377 e. The molecule has 2 N–H and O–H groups in total. The highest BCUT2D eigenvalue weighted by molar-refractivity contribution is 7.11. The Bertz CT molecular complexity index is 513. The van der Waals surface area contributed by atoms with Crippen LogP contribution in [0.2, 0.25) is 0 Å². The molecular weight excluding hydrogens is 234 g/mol. The van der Waals surface area contributed by atoms with E-state index in [1.54, 1.807) is 11.5 Å². The molecular formula is C12H15N3OS. The average molecular weight is 249 g/mol. The van der Waals surface area contributed by atoms with E-state index in [1.807, 2.05) is 12.1 Å². The summed E-state index contributed by atoms with van der Waals surface area (Å²) in [5, 5.41) is 2.44. The number of ether oxygens (including phenoxy) is 1. The maximum atomic E-state index is 5.81. The van der Waals surface area contributed by atoms with Crippen LogP contribution in [-0.2, 0) is 4.74 Å². The molecule has 0 saturated carbocycles. The van der Waals surface area contributed by atoms with Crippen molar-refractivity contribution >= 4 is 27.4 Å². The molecule has 17 heavy (non-hydrogen) atoms. The van der Waals surface area contributed by atoms with Crippen LogP contribution in [-0.4, -0.2) is 36.7 Å². The highest BCUT2D eigenvalue weighted by atomic mass is 32.1. The summed E-state index contributed by atoms with van der Waals surface area (Å²) < 4.78 is 9.96. The fraction of sp³-hybridized carbons (Fsp3) is 0.417. The van der Waals surface area contributed by atoms with Crippen molar-refractivity contribution in [3.8, 4) is 0 Å². The van der Waals surface area contributed by atoms with Crippen molar-refractivity contribution in [2.75, 3.05) is 31.2 Å². The minimum absolute atomic E-state index is 0.271. The van der Waals surface area contributed by atoms with Crippen molar-refractivity contribution in [1.82, 2.24) is 4.37 Å². The molecule has 1 aromatic carbocycles. The molecule has 0 amide bonds. The Morgan fingerprint density at radius 1 is 1.47 bits per heavy atom. The Morgan fingerprint density at radius 3 is 3.24 bits per heavy atom. The third kappa shape index (κ3) is 1.90. The van der Waals surface area contributed by atoms with Gasteiger partial charge in [0.2, 0.25) is 0 Å². The second-order valence-electron chi connectivity index (χ2n) is 4.16. The minimum atomic E-state index is 0.271. The molecule has 2 heterocycles. The van der Waals surface area contributed by atoms with Gasteiger partial charge in [-0.05, 0) is 23.7 Å². The second kappa shape index (κ2) is 4.60. The lowest BCUT2D eigenvalue weighted by Gasteiger charge is -2.35. The zero-order valence-corrected chi connectivity index (χ0v) is 10.3. The number of rotatable bonds is 2. The number of morpholine rings is 1. The lowest BCUT2D eigenvalue weighted by Crippen LogP contribution is -2.49. The van der Waals surface area contributed by atoms with Gasteiger partial charge >= 0.3 is 0 Å². The van der Waals surface area contributed by atoms with Gasteiger partial charge in [0.05, 0.1) is 24.8 Å². The summed E-state index contributed by atoms with van der Waals surface area (Å²) in [6.07, 6.45) is 0. The van der Waals surface area contributed by atoms with E-state index in [0.29, 0.717) is 13.2 Å². The Labute approximate surface area is 104 Å². The standard InChI is InChI=1S/C12H15N3OS/c13-7-9-8-16-6-5-15(9)12-10-3-1-2-4-11(10)14-17-12/h1-4,9H,5-8,13H2. The van der Waals surface area contributed by atoms with Crippen molar-refractivity contribution < 1.29 is 4.74 Å². The molecule has 1 unspecified atom stereocenters. The summed E-state index contributed by atoms with van der Waals surface area (Å²) in [5.41, 5.74) is 6.87. The summed E-state index contributed by atoms with van der Waals surface area (Å²) in [4.78, 5) is 2.34. The van der Waals surface area contributed by atoms with Gasteiger partial charge in [-0.1, -0.05) is 12.1 Å². The van der Waals surface area contributed by atoms with E-state index in [2.05, 4.69) is 21.4 Å². The number of fused-ring (bicyclic) bond motifs is 1. The van der Waals surface area contributed by atoms with E-state index in [9.17, 15) is 0 Å². The van der Waals surface area contributed by atoms with E-state index in [1.165, 1.54) is 10.4 Å². The van der Waals surface area contributed by atoms with Gasteiger partial charge in [-0.2, -0.15) is 4.37 Å². The zero-order valence-electron chi connectivity index (χ0n) is 9.50. The molecule has 1 aromatic heterocycles. The Morgan fingerprint density at radius 2 is 2.35 bits per heavy atom. The normalized spacial score (nSPS) is 21.0. The summed E-state index contributed by atoms with van der Waals surface area (Å²) >= 11 is 1.55. The number of hydrogen-bond acceptors (Lipinski definition) is 5. The van der Waals surface area contributed by atoms with Gasteiger partial charge in [0.15, 0.2) is 0 Å². The van der Waals surface area contributed by atoms with Crippen molar-refractivity contribution in [3.63, 3.8) is 0 Å². The van der Waals surface area contributed by atoms with E-state index in [-0.39, 0.29) is 6.04 Å². The SMILES string of the molecule is NCC1COCCN1c1snc2ccccc12. The monoisotopic (exact) mass is 249 g/mol. The molecule has 0 radical (unpaired) electrons. The maximum absolute atomic E-state index is 5.81. The average Bonchev–Trinajstić information content (AvgIpc) is 2.82. The van der Waals surface area contributed by atoms with Crippen molar-refractivity contribution in [2.45, 2.75) is 6.04 Å². The molecule has 1 aliphatic heterocycles. The quantitative estimate of drug-likeness (QED) is 0.875. The van der Waals surface area contributed by atoms with Crippen molar-refractivity contribution in [2.24, 2.45) is 5.73 Å².